The van der Waals surface area contributed by atoms with Crippen molar-refractivity contribution >= 4 is 45.3 Å². The van der Waals surface area contributed by atoms with Crippen molar-refractivity contribution < 1.29 is 23.8 Å². The van der Waals surface area contributed by atoms with E-state index in [1.54, 1.807) is 20.8 Å². The first-order valence-electron chi connectivity index (χ1n) is 5.43. The summed E-state index contributed by atoms with van der Waals surface area (Å²) < 4.78 is 18.8. The summed E-state index contributed by atoms with van der Waals surface area (Å²) in [5, 5.41) is 11.0. The van der Waals surface area contributed by atoms with Crippen molar-refractivity contribution in [1.29, 1.82) is 0 Å². The van der Waals surface area contributed by atoms with Crippen LogP contribution in [0, 0.1) is 5.82 Å². The highest BCUT2D eigenvalue weighted by Crippen LogP contribution is 2.34. The number of hydrogen-bond acceptors (Lipinski definition) is 3. The first kappa shape index (κ1) is 16.7. The molecule has 1 aromatic rings. The van der Waals surface area contributed by atoms with Crippen LogP contribution in [0.15, 0.2) is 10.5 Å². The van der Waals surface area contributed by atoms with Gasteiger partial charge in [0.15, 0.2) is 5.82 Å². The molecule has 1 rings (SSSR count). The van der Waals surface area contributed by atoms with E-state index < -0.39 is 34.7 Å². The van der Waals surface area contributed by atoms with Crippen molar-refractivity contribution in [3.8, 4) is 0 Å². The van der Waals surface area contributed by atoms with Gasteiger partial charge < -0.3 is 9.84 Å². The summed E-state index contributed by atoms with van der Waals surface area (Å²) in [6.45, 7) is 4.87. The van der Waals surface area contributed by atoms with Crippen LogP contribution in [0.4, 0.5) is 14.9 Å². The number of ether oxygens (including phenoxy) is 1. The molecule has 0 saturated carbocycles. The van der Waals surface area contributed by atoms with Gasteiger partial charge in [-0.25, -0.2) is 14.0 Å². The predicted octanol–water partition coefficient (Wildman–Crippen LogP) is 4.29. The van der Waals surface area contributed by atoms with Crippen molar-refractivity contribution in [2.75, 3.05) is 5.32 Å². The molecule has 0 heterocycles. The number of carbonyl (C=O) groups excluding carboxylic acids is 1. The van der Waals surface area contributed by atoms with Gasteiger partial charge in [-0.1, -0.05) is 11.6 Å². The molecule has 0 saturated heterocycles. The predicted molar refractivity (Wildman–Crippen MR) is 75.9 cm³/mol. The van der Waals surface area contributed by atoms with Crippen LogP contribution in [0.1, 0.15) is 31.1 Å². The van der Waals surface area contributed by atoms with E-state index in [2.05, 4.69) is 21.2 Å². The largest absolute Gasteiger partial charge is 0.478 e. The maximum atomic E-state index is 14.0. The fourth-order valence-electron chi connectivity index (χ4n) is 1.29. The summed E-state index contributed by atoms with van der Waals surface area (Å²) in [6, 6.07) is 1.03. The Balaban J connectivity index is 3.20. The molecule has 0 fully saturated rings. The van der Waals surface area contributed by atoms with Crippen LogP contribution in [0.5, 0.6) is 0 Å². The monoisotopic (exact) mass is 367 g/mol. The number of halogens is 3. The molecule has 2 N–H and O–H groups in total. The Morgan fingerprint density at radius 2 is 2.00 bits per heavy atom. The van der Waals surface area contributed by atoms with E-state index in [0.29, 0.717) is 0 Å². The average Bonchev–Trinajstić information content (AvgIpc) is 2.27. The molecule has 20 heavy (non-hydrogen) atoms. The lowest BCUT2D eigenvalue weighted by Crippen LogP contribution is -2.28. The van der Waals surface area contributed by atoms with E-state index in [-0.39, 0.29) is 9.50 Å². The van der Waals surface area contributed by atoms with Gasteiger partial charge in [0.1, 0.15) is 5.60 Å². The number of amides is 1. The molecule has 0 aliphatic rings. The molecule has 1 aromatic carbocycles. The van der Waals surface area contributed by atoms with Gasteiger partial charge in [-0.05, 0) is 42.8 Å². The van der Waals surface area contributed by atoms with Gasteiger partial charge in [0.2, 0.25) is 0 Å². The summed E-state index contributed by atoms with van der Waals surface area (Å²) in [5.74, 6) is -2.41. The number of nitrogens with one attached hydrogen (secondary N) is 1. The fourth-order valence-corrected chi connectivity index (χ4v) is 1.80. The zero-order valence-electron chi connectivity index (χ0n) is 10.9. The quantitative estimate of drug-likeness (QED) is 0.764. The lowest BCUT2D eigenvalue weighted by atomic mass is 10.1. The van der Waals surface area contributed by atoms with E-state index in [4.69, 9.17) is 21.4 Å². The van der Waals surface area contributed by atoms with Gasteiger partial charge in [0, 0.05) is 0 Å². The Morgan fingerprint density at radius 1 is 1.45 bits per heavy atom. The maximum Gasteiger partial charge on any atom is 0.412 e. The minimum absolute atomic E-state index is 0.116. The molecule has 0 aromatic heterocycles. The van der Waals surface area contributed by atoms with Gasteiger partial charge in [-0.15, -0.1) is 0 Å². The Kier molecular flexibility index (Phi) is 4.99. The Labute approximate surface area is 128 Å². The molecule has 0 aliphatic heterocycles. The van der Waals surface area contributed by atoms with E-state index in [9.17, 15) is 14.0 Å². The Morgan fingerprint density at radius 3 is 2.45 bits per heavy atom. The third-order valence-corrected chi connectivity index (χ3v) is 3.32. The summed E-state index contributed by atoms with van der Waals surface area (Å²) >= 11 is 8.56. The summed E-state index contributed by atoms with van der Waals surface area (Å²) in [5.41, 5.74) is -1.78. The Bertz CT molecular complexity index is 572. The number of aromatic carboxylic acids is 1. The molecule has 8 heteroatoms. The van der Waals surface area contributed by atoms with Crippen LogP contribution in [-0.4, -0.2) is 22.8 Å². The average molecular weight is 369 g/mol. The van der Waals surface area contributed by atoms with Gasteiger partial charge in [0.25, 0.3) is 0 Å². The minimum Gasteiger partial charge on any atom is -0.478 e. The number of anilines is 1. The molecule has 0 unspecified atom stereocenters. The fraction of sp³-hybridized carbons (Fsp3) is 0.333. The van der Waals surface area contributed by atoms with Crippen LogP contribution in [0.25, 0.3) is 0 Å². The molecule has 0 radical (unpaired) electrons. The standard InChI is InChI=1S/C12H12BrClFNO4/c1-12(2,3)20-11(19)16-9-5(10(17)18)4-6(14)7(13)8(9)15/h4H,1-3H3,(H,16,19)(H,17,18). The zero-order valence-corrected chi connectivity index (χ0v) is 13.2. The molecule has 0 atom stereocenters. The van der Waals surface area contributed by atoms with Crippen LogP contribution < -0.4 is 5.32 Å². The SMILES string of the molecule is CC(C)(C)OC(=O)Nc1c(C(=O)O)cc(Cl)c(Br)c1F. The number of carboxylic acid groups (broad SMARTS) is 1. The van der Waals surface area contributed by atoms with E-state index in [0.717, 1.165) is 6.07 Å². The molecule has 0 aliphatic carbocycles. The number of benzene rings is 1. The molecular weight excluding hydrogens is 356 g/mol. The van der Waals surface area contributed by atoms with Crippen molar-refractivity contribution in [2.45, 2.75) is 26.4 Å². The zero-order chi connectivity index (χ0) is 15.7. The molecule has 0 spiro atoms. The lowest BCUT2D eigenvalue weighted by molar-refractivity contribution is 0.0635. The van der Waals surface area contributed by atoms with Crippen molar-refractivity contribution in [2.24, 2.45) is 0 Å². The van der Waals surface area contributed by atoms with Crippen molar-refractivity contribution in [1.82, 2.24) is 0 Å². The van der Waals surface area contributed by atoms with Gasteiger partial charge in [-0.2, -0.15) is 0 Å². The highest BCUT2D eigenvalue weighted by Gasteiger charge is 2.24. The number of rotatable bonds is 2. The third kappa shape index (κ3) is 4.08. The van der Waals surface area contributed by atoms with Crippen LogP contribution >= 0.6 is 27.5 Å². The number of carbonyl (C=O) groups is 2. The second-order valence-electron chi connectivity index (χ2n) is 4.84. The Hall–Kier alpha value is -1.34. The number of hydrogen-bond donors (Lipinski definition) is 2. The minimum atomic E-state index is -1.43. The van der Waals surface area contributed by atoms with Gasteiger partial charge in [-0.3, -0.25) is 5.32 Å². The van der Waals surface area contributed by atoms with E-state index in [1.165, 1.54) is 0 Å². The smallest absolute Gasteiger partial charge is 0.412 e. The molecule has 0 bridgehead atoms. The lowest BCUT2D eigenvalue weighted by Gasteiger charge is -2.20. The number of carboxylic acids is 1. The van der Waals surface area contributed by atoms with Gasteiger partial charge >= 0.3 is 12.1 Å². The van der Waals surface area contributed by atoms with Crippen LogP contribution in [0.2, 0.25) is 5.02 Å². The second-order valence-corrected chi connectivity index (χ2v) is 6.04. The third-order valence-electron chi connectivity index (χ3n) is 2.02. The van der Waals surface area contributed by atoms with Crippen LogP contribution in [-0.2, 0) is 4.74 Å². The molecule has 1 amide bonds. The van der Waals surface area contributed by atoms with Gasteiger partial charge in [0.05, 0.1) is 20.7 Å². The highest BCUT2D eigenvalue weighted by atomic mass is 79.9. The maximum absolute atomic E-state index is 14.0. The molecule has 110 valence electrons. The normalized spacial score (nSPS) is 11.1. The first-order valence-corrected chi connectivity index (χ1v) is 6.61. The van der Waals surface area contributed by atoms with Crippen molar-refractivity contribution in [3.63, 3.8) is 0 Å². The molecular formula is C12H12BrClFNO4. The van der Waals surface area contributed by atoms with E-state index in [1.807, 2.05) is 0 Å². The summed E-state index contributed by atoms with van der Waals surface area (Å²) in [6.07, 6.45) is -0.965. The van der Waals surface area contributed by atoms with E-state index >= 15 is 0 Å². The second kappa shape index (κ2) is 5.97. The highest BCUT2D eigenvalue weighted by molar-refractivity contribution is 9.10. The van der Waals surface area contributed by atoms with Crippen LogP contribution in [0.3, 0.4) is 0 Å². The van der Waals surface area contributed by atoms with Crippen molar-refractivity contribution in [3.05, 3.63) is 26.9 Å². The first-order chi connectivity index (χ1) is 9.03. The summed E-state index contributed by atoms with van der Waals surface area (Å²) in [4.78, 5) is 22.7. The molecule has 5 nitrogen and oxygen atoms in total. The topological polar surface area (TPSA) is 75.6 Å². The summed E-state index contributed by atoms with van der Waals surface area (Å²) in [7, 11) is 0.